The second-order valence-corrected chi connectivity index (χ2v) is 5.23. The van der Waals surface area contributed by atoms with E-state index in [4.69, 9.17) is 4.74 Å². The number of hydrogen-bond donors (Lipinski definition) is 1. The van der Waals surface area contributed by atoms with E-state index in [1.165, 1.54) is 5.56 Å². The molecule has 1 heterocycles. The van der Waals surface area contributed by atoms with Crippen LogP contribution in [0.5, 0.6) is 0 Å². The van der Waals surface area contributed by atoms with Crippen LogP contribution in [-0.4, -0.2) is 17.7 Å². The highest BCUT2D eigenvalue weighted by Gasteiger charge is 2.36. The highest BCUT2D eigenvalue weighted by molar-refractivity contribution is 5.74. The van der Waals surface area contributed by atoms with Crippen LogP contribution >= 0.6 is 0 Å². The monoisotopic (exact) mass is 248 g/mol. The summed E-state index contributed by atoms with van der Waals surface area (Å²) in [4.78, 5) is 11.4. The van der Waals surface area contributed by atoms with Crippen molar-refractivity contribution in [2.75, 3.05) is 6.61 Å². The van der Waals surface area contributed by atoms with E-state index in [-0.39, 0.29) is 6.10 Å². The molecule has 0 aromatic heterocycles. The van der Waals surface area contributed by atoms with Crippen LogP contribution < -0.4 is 0 Å². The number of fused-ring (bicyclic) bond motifs is 1. The molecule has 3 nitrogen and oxygen atoms in total. The van der Waals surface area contributed by atoms with Crippen molar-refractivity contribution < 1.29 is 14.6 Å². The van der Waals surface area contributed by atoms with Crippen LogP contribution in [0.15, 0.2) is 24.3 Å². The van der Waals surface area contributed by atoms with Gasteiger partial charge in [0, 0.05) is 0 Å². The number of aliphatic carboxylic acids is 1. The lowest BCUT2D eigenvalue weighted by Crippen LogP contribution is -2.31. The predicted molar refractivity (Wildman–Crippen MR) is 69.5 cm³/mol. The average molecular weight is 248 g/mol. The SMILES string of the molecule is CCC(C)(CC1OCCc2ccccc21)C(=O)O. The summed E-state index contributed by atoms with van der Waals surface area (Å²) in [7, 11) is 0. The second-order valence-electron chi connectivity index (χ2n) is 5.23. The zero-order chi connectivity index (χ0) is 13.2. The summed E-state index contributed by atoms with van der Waals surface area (Å²) >= 11 is 0. The van der Waals surface area contributed by atoms with E-state index in [0.29, 0.717) is 19.4 Å². The van der Waals surface area contributed by atoms with E-state index < -0.39 is 11.4 Å². The number of ether oxygens (including phenoxy) is 1. The van der Waals surface area contributed by atoms with Gasteiger partial charge in [-0.25, -0.2) is 0 Å². The maximum absolute atomic E-state index is 11.4. The van der Waals surface area contributed by atoms with Crippen molar-refractivity contribution in [1.82, 2.24) is 0 Å². The standard InChI is InChI=1S/C15H20O3/c1-3-15(2,14(16)17)10-13-12-7-5-4-6-11(12)8-9-18-13/h4-7,13H,3,8-10H2,1-2H3,(H,16,17). The van der Waals surface area contributed by atoms with Gasteiger partial charge in [0.15, 0.2) is 0 Å². The fraction of sp³-hybridized carbons (Fsp3) is 0.533. The molecule has 2 atom stereocenters. The highest BCUT2D eigenvalue weighted by Crippen LogP contribution is 2.38. The van der Waals surface area contributed by atoms with Crippen molar-refractivity contribution in [2.24, 2.45) is 5.41 Å². The van der Waals surface area contributed by atoms with Crippen molar-refractivity contribution in [3.05, 3.63) is 35.4 Å². The molecule has 1 aliphatic rings. The van der Waals surface area contributed by atoms with E-state index in [1.807, 2.05) is 19.1 Å². The third kappa shape index (κ3) is 2.41. The minimum atomic E-state index is -0.739. The number of rotatable bonds is 4. The molecule has 3 heteroatoms. The van der Waals surface area contributed by atoms with Gasteiger partial charge in [0.2, 0.25) is 0 Å². The van der Waals surface area contributed by atoms with E-state index in [2.05, 4.69) is 12.1 Å². The number of carbonyl (C=O) groups is 1. The minimum Gasteiger partial charge on any atom is -0.481 e. The fourth-order valence-corrected chi connectivity index (χ4v) is 2.44. The molecule has 0 bridgehead atoms. The number of benzene rings is 1. The van der Waals surface area contributed by atoms with Crippen LogP contribution in [0.25, 0.3) is 0 Å². The van der Waals surface area contributed by atoms with Gasteiger partial charge >= 0.3 is 5.97 Å². The quantitative estimate of drug-likeness (QED) is 0.890. The second kappa shape index (κ2) is 5.11. The Morgan fingerprint density at radius 2 is 2.22 bits per heavy atom. The number of carboxylic acid groups (broad SMARTS) is 1. The fourth-order valence-electron chi connectivity index (χ4n) is 2.44. The molecule has 0 spiro atoms. The third-order valence-corrected chi connectivity index (χ3v) is 4.02. The molecule has 0 aliphatic carbocycles. The van der Waals surface area contributed by atoms with Gasteiger partial charge in [0.25, 0.3) is 0 Å². The lowest BCUT2D eigenvalue weighted by Gasteiger charge is -2.32. The van der Waals surface area contributed by atoms with E-state index in [0.717, 1.165) is 12.0 Å². The van der Waals surface area contributed by atoms with Crippen LogP contribution in [0.3, 0.4) is 0 Å². The van der Waals surface area contributed by atoms with Gasteiger partial charge < -0.3 is 9.84 Å². The molecule has 98 valence electrons. The first-order chi connectivity index (χ1) is 8.57. The van der Waals surface area contributed by atoms with Crippen LogP contribution in [0, 0.1) is 5.41 Å². The summed E-state index contributed by atoms with van der Waals surface area (Å²) < 4.78 is 5.79. The normalized spacial score (nSPS) is 22.0. The largest absolute Gasteiger partial charge is 0.481 e. The zero-order valence-electron chi connectivity index (χ0n) is 11.0. The van der Waals surface area contributed by atoms with Crippen molar-refractivity contribution in [3.63, 3.8) is 0 Å². The average Bonchev–Trinajstić information content (AvgIpc) is 2.39. The Morgan fingerprint density at radius 1 is 1.50 bits per heavy atom. The summed E-state index contributed by atoms with van der Waals surface area (Å²) in [6, 6.07) is 8.17. The first kappa shape index (κ1) is 13.1. The Balaban J connectivity index is 2.23. The Labute approximate surface area is 108 Å². The van der Waals surface area contributed by atoms with Gasteiger partial charge in [-0.15, -0.1) is 0 Å². The van der Waals surface area contributed by atoms with Crippen LogP contribution in [0.4, 0.5) is 0 Å². The molecule has 2 unspecified atom stereocenters. The third-order valence-electron chi connectivity index (χ3n) is 4.02. The maximum atomic E-state index is 11.4. The van der Waals surface area contributed by atoms with Crippen molar-refractivity contribution in [1.29, 1.82) is 0 Å². The molecule has 0 saturated heterocycles. The molecular formula is C15H20O3. The molecule has 1 aromatic carbocycles. The summed E-state index contributed by atoms with van der Waals surface area (Å²) in [5.41, 5.74) is 1.73. The summed E-state index contributed by atoms with van der Waals surface area (Å²) in [6.45, 7) is 4.40. The first-order valence-corrected chi connectivity index (χ1v) is 6.49. The van der Waals surface area contributed by atoms with Crippen LogP contribution in [0.2, 0.25) is 0 Å². The topological polar surface area (TPSA) is 46.5 Å². The smallest absolute Gasteiger partial charge is 0.309 e. The molecule has 1 aromatic rings. The first-order valence-electron chi connectivity index (χ1n) is 6.49. The van der Waals surface area contributed by atoms with E-state index in [9.17, 15) is 9.90 Å². The molecule has 18 heavy (non-hydrogen) atoms. The number of carboxylic acids is 1. The van der Waals surface area contributed by atoms with Gasteiger partial charge in [-0.1, -0.05) is 31.2 Å². The molecule has 2 rings (SSSR count). The molecule has 0 fully saturated rings. The molecular weight excluding hydrogens is 228 g/mol. The van der Waals surface area contributed by atoms with Crippen LogP contribution in [0.1, 0.15) is 43.9 Å². The molecule has 1 aliphatic heterocycles. The van der Waals surface area contributed by atoms with Crippen molar-refractivity contribution in [2.45, 2.75) is 39.2 Å². The van der Waals surface area contributed by atoms with Gasteiger partial charge in [-0.3, -0.25) is 4.79 Å². The molecule has 0 saturated carbocycles. The molecule has 0 amide bonds. The Hall–Kier alpha value is -1.35. The summed E-state index contributed by atoms with van der Waals surface area (Å²) in [6.07, 6.45) is 1.99. The zero-order valence-corrected chi connectivity index (χ0v) is 11.0. The van der Waals surface area contributed by atoms with E-state index in [1.54, 1.807) is 6.92 Å². The van der Waals surface area contributed by atoms with Gasteiger partial charge in [0.1, 0.15) is 0 Å². The van der Waals surface area contributed by atoms with Crippen molar-refractivity contribution >= 4 is 5.97 Å². The lowest BCUT2D eigenvalue weighted by molar-refractivity contribution is -0.151. The molecule has 1 N–H and O–H groups in total. The van der Waals surface area contributed by atoms with Gasteiger partial charge in [-0.2, -0.15) is 0 Å². The molecule has 0 radical (unpaired) electrons. The predicted octanol–water partition coefficient (Wildman–Crippen LogP) is 3.19. The highest BCUT2D eigenvalue weighted by atomic mass is 16.5. The van der Waals surface area contributed by atoms with Gasteiger partial charge in [-0.05, 0) is 37.3 Å². The van der Waals surface area contributed by atoms with Crippen LogP contribution in [-0.2, 0) is 16.0 Å². The van der Waals surface area contributed by atoms with Gasteiger partial charge in [0.05, 0.1) is 18.1 Å². The summed E-state index contributed by atoms with van der Waals surface area (Å²) in [5.74, 6) is -0.739. The Morgan fingerprint density at radius 3 is 2.89 bits per heavy atom. The maximum Gasteiger partial charge on any atom is 0.309 e. The lowest BCUT2D eigenvalue weighted by atomic mass is 9.79. The van der Waals surface area contributed by atoms with Crippen molar-refractivity contribution in [3.8, 4) is 0 Å². The summed E-state index contributed by atoms with van der Waals surface area (Å²) in [5, 5.41) is 9.36. The Kier molecular flexibility index (Phi) is 3.71. The number of hydrogen-bond acceptors (Lipinski definition) is 2. The minimum absolute atomic E-state index is 0.0870. The van der Waals surface area contributed by atoms with E-state index >= 15 is 0 Å². The Bertz CT molecular complexity index is 441.